The van der Waals surface area contributed by atoms with Crippen molar-refractivity contribution in [3.63, 3.8) is 0 Å². The van der Waals surface area contributed by atoms with Gasteiger partial charge in [-0.3, -0.25) is 4.98 Å². The first kappa shape index (κ1) is 39.4. The third-order valence-corrected chi connectivity index (χ3v) is 13.4. The molecule has 2 saturated heterocycles. The molecular weight excluding hydrogens is 673 g/mol. The van der Waals surface area contributed by atoms with Crippen molar-refractivity contribution in [1.82, 2.24) is 24.5 Å². The molecule has 282 valence electrons. The van der Waals surface area contributed by atoms with Crippen LogP contribution in [-0.4, -0.2) is 91.1 Å². The van der Waals surface area contributed by atoms with Crippen LogP contribution >= 0.6 is 0 Å². The van der Waals surface area contributed by atoms with Gasteiger partial charge in [-0.05, 0) is 77.5 Å². The van der Waals surface area contributed by atoms with Gasteiger partial charge in [-0.1, -0.05) is 58.7 Å². The number of fused-ring (bicyclic) bond motifs is 3. The van der Waals surface area contributed by atoms with E-state index in [0.29, 0.717) is 13.5 Å². The quantitative estimate of drug-likeness (QED) is 0.0817. The second kappa shape index (κ2) is 16.5. The van der Waals surface area contributed by atoms with Crippen molar-refractivity contribution in [2.45, 2.75) is 148 Å². The summed E-state index contributed by atoms with van der Waals surface area (Å²) in [6, 6.07) is 8.96. The number of hydrogen-bond donors (Lipinski definition) is 0. The molecule has 2 fully saturated rings. The predicted molar refractivity (Wildman–Crippen MR) is 212 cm³/mol. The Bertz CT molecular complexity index is 1560. The molecule has 3 aromatic rings. The van der Waals surface area contributed by atoms with E-state index in [1.165, 1.54) is 0 Å². The van der Waals surface area contributed by atoms with E-state index in [1.807, 2.05) is 42.6 Å². The smallest absolute Gasteiger partial charge is 0.410 e. The van der Waals surface area contributed by atoms with Gasteiger partial charge in [-0.2, -0.15) is 9.61 Å². The second-order valence-electron chi connectivity index (χ2n) is 18.2. The molecule has 12 heteroatoms. The summed E-state index contributed by atoms with van der Waals surface area (Å²) in [5.74, 6) is 1.11. The second-order valence-corrected chi connectivity index (χ2v) is 29.4. The number of carbonyl (C=O) groups is 1. The number of nitrogens with zero attached hydrogens (tertiary/aromatic N) is 6. The fraction of sp³-hybridized carbons (Fsp3) is 0.692. The van der Waals surface area contributed by atoms with Gasteiger partial charge >= 0.3 is 6.09 Å². The third kappa shape index (κ3) is 10.9. The van der Waals surface area contributed by atoms with Crippen molar-refractivity contribution in [2.75, 3.05) is 31.6 Å². The summed E-state index contributed by atoms with van der Waals surface area (Å²) in [6.45, 7) is 24.5. The van der Waals surface area contributed by atoms with Crippen molar-refractivity contribution >= 4 is 33.7 Å². The molecule has 2 aliphatic rings. The van der Waals surface area contributed by atoms with Crippen LogP contribution in [0.25, 0.3) is 16.8 Å². The van der Waals surface area contributed by atoms with Gasteiger partial charge in [0, 0.05) is 82.1 Å². The van der Waals surface area contributed by atoms with Crippen molar-refractivity contribution in [1.29, 1.82) is 0 Å². The summed E-state index contributed by atoms with van der Waals surface area (Å²) >= 11 is 0. The Morgan fingerprint density at radius 3 is 2.10 bits per heavy atom. The number of aryl methyl sites for hydroxylation is 1. The van der Waals surface area contributed by atoms with Gasteiger partial charge in [0.25, 0.3) is 0 Å². The zero-order valence-corrected chi connectivity index (χ0v) is 35.1. The molecule has 0 radical (unpaired) electrons. The van der Waals surface area contributed by atoms with Crippen LogP contribution in [0.15, 0.2) is 30.6 Å². The molecule has 10 nitrogen and oxygen atoms in total. The molecule has 0 aromatic carbocycles. The molecule has 2 bridgehead atoms. The monoisotopic (exact) mass is 736 g/mol. The Labute approximate surface area is 308 Å². The van der Waals surface area contributed by atoms with E-state index in [9.17, 15) is 4.79 Å². The molecule has 3 atom stereocenters. The minimum absolute atomic E-state index is 0.139. The fourth-order valence-corrected chi connectivity index (χ4v) is 8.51. The van der Waals surface area contributed by atoms with E-state index in [4.69, 9.17) is 29.3 Å². The molecule has 1 amide bonds. The molecule has 3 aromatic heterocycles. The van der Waals surface area contributed by atoms with Crippen molar-refractivity contribution in [3.8, 4) is 11.1 Å². The summed E-state index contributed by atoms with van der Waals surface area (Å²) in [5, 5.41) is 4.94. The number of piperidine rings is 1. The van der Waals surface area contributed by atoms with Crippen molar-refractivity contribution in [3.05, 3.63) is 42.0 Å². The maximum Gasteiger partial charge on any atom is 0.410 e. The fourth-order valence-electron chi connectivity index (χ4n) is 7.00. The highest BCUT2D eigenvalue weighted by Gasteiger charge is 2.45. The lowest BCUT2D eigenvalue weighted by Crippen LogP contribution is -2.48. The van der Waals surface area contributed by atoms with Crippen LogP contribution < -0.4 is 4.90 Å². The number of carbonyl (C=O) groups excluding carboxylic acids is 1. The van der Waals surface area contributed by atoms with Gasteiger partial charge in [-0.25, -0.2) is 9.78 Å². The Morgan fingerprint density at radius 2 is 1.57 bits per heavy atom. The van der Waals surface area contributed by atoms with Crippen molar-refractivity contribution in [2.24, 2.45) is 0 Å². The van der Waals surface area contributed by atoms with E-state index in [2.05, 4.69) is 69.3 Å². The summed E-state index contributed by atoms with van der Waals surface area (Å²) < 4.78 is 20.6. The molecule has 51 heavy (non-hydrogen) atoms. The number of amides is 1. The lowest BCUT2D eigenvalue weighted by Gasteiger charge is -2.39. The maximum atomic E-state index is 13.3. The van der Waals surface area contributed by atoms with Gasteiger partial charge in [0.15, 0.2) is 5.65 Å². The van der Waals surface area contributed by atoms with E-state index in [-0.39, 0.29) is 24.1 Å². The Kier molecular flexibility index (Phi) is 12.7. The van der Waals surface area contributed by atoms with Gasteiger partial charge < -0.3 is 24.0 Å². The van der Waals surface area contributed by atoms with Crippen LogP contribution in [0.2, 0.25) is 51.4 Å². The average molecular weight is 737 g/mol. The number of unbranched alkanes of at least 4 members (excludes halogenated alkanes) is 1. The van der Waals surface area contributed by atoms with E-state index < -0.39 is 21.7 Å². The number of aromatic nitrogens is 4. The molecule has 0 N–H and O–H groups in total. The summed E-state index contributed by atoms with van der Waals surface area (Å²) in [5.41, 5.74) is 4.39. The van der Waals surface area contributed by atoms with Crippen LogP contribution in [-0.2, 0) is 20.6 Å². The maximum absolute atomic E-state index is 13.3. The van der Waals surface area contributed by atoms with Crippen LogP contribution in [0.4, 0.5) is 10.6 Å². The highest BCUT2D eigenvalue weighted by molar-refractivity contribution is 6.76. The number of rotatable bonds is 16. The van der Waals surface area contributed by atoms with Gasteiger partial charge in [-0.15, -0.1) is 0 Å². The SMILES string of the molecule is CCCCc1ccc(-c2cnn3c(N(COCC[Si](C)(C)C)COCC[Si](C)(C)C)cc([C@H]4C[C@H]5CC[C@@H](C4)N5C(=O)OC(C)(C)C)nc23)cn1. The van der Waals surface area contributed by atoms with Crippen LogP contribution in [0.1, 0.15) is 83.5 Å². The number of pyridine rings is 1. The topological polar surface area (TPSA) is 94.3 Å². The van der Waals surface area contributed by atoms with E-state index in [0.717, 1.165) is 104 Å². The van der Waals surface area contributed by atoms with Gasteiger partial charge in [0.1, 0.15) is 24.9 Å². The lowest BCUT2D eigenvalue weighted by molar-refractivity contribution is 0.00569. The van der Waals surface area contributed by atoms with Gasteiger partial charge in [0.2, 0.25) is 0 Å². The highest BCUT2D eigenvalue weighted by Crippen LogP contribution is 2.44. The van der Waals surface area contributed by atoms with E-state index in [1.54, 1.807) is 0 Å². The van der Waals surface area contributed by atoms with Crippen LogP contribution in [0, 0.1) is 0 Å². The standard InChI is InChI=1S/C39H64N6O4Si2/c1-11-12-13-31-15-14-29(25-40-31)34-26-41-45-36(43(27-47-18-20-50(5,6)7)28-48-19-21-51(8,9)10)24-35(42-37(34)45)30-22-32-16-17-33(23-30)44(32)38(46)49-39(2,3)4/h14-15,24-26,30,32-33H,11-13,16-23,27-28H2,1-10H3/t30-,32+,33-. The van der Waals surface area contributed by atoms with E-state index >= 15 is 0 Å². The molecule has 0 aliphatic carbocycles. The minimum atomic E-state index is -1.26. The molecule has 2 aliphatic heterocycles. The number of hydrogen-bond acceptors (Lipinski definition) is 8. The first-order chi connectivity index (χ1) is 24.0. The Morgan fingerprint density at radius 1 is 0.941 bits per heavy atom. The molecule has 5 rings (SSSR count). The first-order valence-corrected chi connectivity index (χ1v) is 26.7. The minimum Gasteiger partial charge on any atom is -0.444 e. The first-order valence-electron chi connectivity index (χ1n) is 19.3. The molecule has 0 spiro atoms. The molecule has 0 unspecified atom stereocenters. The zero-order valence-electron chi connectivity index (χ0n) is 33.1. The highest BCUT2D eigenvalue weighted by atomic mass is 28.3. The Balaban J connectivity index is 1.51. The zero-order chi connectivity index (χ0) is 37.0. The van der Waals surface area contributed by atoms with Crippen molar-refractivity contribution < 1.29 is 19.0 Å². The molecular formula is C39H64N6O4Si2. The predicted octanol–water partition coefficient (Wildman–Crippen LogP) is 9.21. The average Bonchev–Trinajstić information content (AvgIpc) is 3.59. The van der Waals surface area contributed by atoms with Gasteiger partial charge in [0.05, 0.1) is 6.20 Å². The molecule has 5 heterocycles. The number of ether oxygens (including phenoxy) is 3. The van der Waals surface area contributed by atoms with Crippen LogP contribution in [0.5, 0.6) is 0 Å². The number of anilines is 1. The summed E-state index contributed by atoms with van der Waals surface area (Å²) in [6.07, 6.45) is 10.6. The third-order valence-electron chi connectivity index (χ3n) is 9.96. The largest absolute Gasteiger partial charge is 0.444 e. The summed E-state index contributed by atoms with van der Waals surface area (Å²) in [7, 11) is -2.51. The lowest BCUT2D eigenvalue weighted by atomic mass is 9.88. The Hall–Kier alpha value is -2.81. The van der Waals surface area contributed by atoms with Crippen LogP contribution in [0.3, 0.4) is 0 Å². The molecule has 0 saturated carbocycles. The normalized spacial score (nSPS) is 19.6. The summed E-state index contributed by atoms with van der Waals surface area (Å²) in [4.78, 5) is 27.7.